The predicted molar refractivity (Wildman–Crippen MR) is 70.5 cm³/mol. The minimum atomic E-state index is -0.0260. The topological polar surface area (TPSA) is 59.0 Å². The lowest BCUT2D eigenvalue weighted by Crippen LogP contribution is -2.33. The molecule has 1 saturated heterocycles. The Morgan fingerprint density at radius 1 is 1.67 bits per heavy atom. The van der Waals surface area contributed by atoms with Crippen LogP contribution in [0.1, 0.15) is 35.4 Å². The van der Waals surface area contributed by atoms with Gasteiger partial charge in [0.2, 0.25) is 0 Å². The van der Waals surface area contributed by atoms with Gasteiger partial charge in [0.15, 0.2) is 0 Å². The number of rotatable bonds is 4. The molecule has 1 unspecified atom stereocenters. The fraction of sp³-hybridized carbons (Fsp3) is 0.692. The van der Waals surface area contributed by atoms with Crippen LogP contribution in [0.5, 0.6) is 0 Å². The molecule has 1 aromatic heterocycles. The zero-order valence-corrected chi connectivity index (χ0v) is 11.2. The van der Waals surface area contributed by atoms with Crippen LogP contribution in [0.2, 0.25) is 0 Å². The van der Waals surface area contributed by atoms with E-state index < -0.39 is 0 Å². The van der Waals surface area contributed by atoms with Gasteiger partial charge in [-0.2, -0.15) is 5.10 Å². The molecule has 1 aliphatic heterocycles. The molecule has 18 heavy (non-hydrogen) atoms. The van der Waals surface area contributed by atoms with Gasteiger partial charge in [-0.25, -0.2) is 0 Å². The van der Waals surface area contributed by atoms with E-state index in [-0.39, 0.29) is 5.91 Å². The number of nitrogens with one attached hydrogen (secondary N) is 2. The Kier molecular flexibility index (Phi) is 4.36. The van der Waals surface area contributed by atoms with Gasteiger partial charge in [0.05, 0.1) is 5.69 Å². The molecule has 1 fully saturated rings. The average molecular weight is 250 g/mol. The van der Waals surface area contributed by atoms with Crippen LogP contribution in [0.3, 0.4) is 0 Å². The molecule has 5 nitrogen and oxygen atoms in total. The molecule has 0 bridgehead atoms. The Labute approximate surface area is 108 Å². The quantitative estimate of drug-likeness (QED) is 0.833. The second-order valence-corrected chi connectivity index (χ2v) is 5.05. The molecular weight excluding hydrogens is 228 g/mol. The van der Waals surface area contributed by atoms with Crippen LogP contribution in [-0.4, -0.2) is 35.3 Å². The molecular formula is C13H22N4O. The molecule has 5 heteroatoms. The van der Waals surface area contributed by atoms with Crippen LogP contribution in [0.15, 0.2) is 6.07 Å². The summed E-state index contributed by atoms with van der Waals surface area (Å²) in [5, 5.41) is 10.5. The monoisotopic (exact) mass is 250 g/mol. The highest BCUT2D eigenvalue weighted by Gasteiger charge is 2.14. The summed E-state index contributed by atoms with van der Waals surface area (Å²) in [5.74, 6) is 0.675. The molecule has 2 N–H and O–H groups in total. The lowest BCUT2D eigenvalue weighted by molar-refractivity contribution is 0.0941. The van der Waals surface area contributed by atoms with E-state index in [1.54, 1.807) is 11.7 Å². The molecule has 1 atom stereocenters. The van der Waals surface area contributed by atoms with E-state index in [2.05, 4.69) is 15.7 Å². The van der Waals surface area contributed by atoms with Gasteiger partial charge in [-0.05, 0) is 51.3 Å². The number of carbonyl (C=O) groups excluding carboxylic acids is 1. The van der Waals surface area contributed by atoms with Crippen molar-refractivity contribution in [3.05, 3.63) is 17.5 Å². The standard InChI is InChI=1S/C13H22N4O/c1-10-8-12(17(2)16-10)13(18)15-7-5-11-4-3-6-14-9-11/h8,11,14H,3-7,9H2,1-2H3,(H,15,18). The minimum Gasteiger partial charge on any atom is -0.351 e. The Bertz CT molecular complexity index is 407. The second kappa shape index (κ2) is 6.00. The molecule has 1 aromatic rings. The van der Waals surface area contributed by atoms with E-state index in [1.165, 1.54) is 12.8 Å². The predicted octanol–water partition coefficient (Wildman–Crippen LogP) is 0.848. The van der Waals surface area contributed by atoms with Crippen molar-refractivity contribution in [1.29, 1.82) is 0 Å². The molecule has 0 radical (unpaired) electrons. The normalized spacial score (nSPS) is 19.8. The SMILES string of the molecule is Cc1cc(C(=O)NCCC2CCCNC2)n(C)n1. The van der Waals surface area contributed by atoms with Gasteiger partial charge >= 0.3 is 0 Å². The molecule has 0 aliphatic carbocycles. The fourth-order valence-corrected chi connectivity index (χ4v) is 2.47. The zero-order chi connectivity index (χ0) is 13.0. The minimum absolute atomic E-state index is 0.0260. The second-order valence-electron chi connectivity index (χ2n) is 5.05. The maximum absolute atomic E-state index is 11.9. The van der Waals surface area contributed by atoms with Gasteiger partial charge in [-0.1, -0.05) is 0 Å². The first-order chi connectivity index (χ1) is 8.66. The summed E-state index contributed by atoms with van der Waals surface area (Å²) < 4.78 is 1.63. The number of nitrogens with zero attached hydrogens (tertiary/aromatic N) is 2. The van der Waals surface area contributed by atoms with Gasteiger partial charge in [0, 0.05) is 13.6 Å². The van der Waals surface area contributed by atoms with E-state index in [0.29, 0.717) is 11.6 Å². The molecule has 0 spiro atoms. The maximum Gasteiger partial charge on any atom is 0.269 e. The molecule has 0 saturated carbocycles. The van der Waals surface area contributed by atoms with Crippen LogP contribution in [0, 0.1) is 12.8 Å². The van der Waals surface area contributed by atoms with Gasteiger partial charge in [0.1, 0.15) is 5.69 Å². The van der Waals surface area contributed by atoms with Gasteiger partial charge in [-0.15, -0.1) is 0 Å². The summed E-state index contributed by atoms with van der Waals surface area (Å²) in [4.78, 5) is 11.9. The van der Waals surface area contributed by atoms with Crippen molar-refractivity contribution in [2.24, 2.45) is 13.0 Å². The lowest BCUT2D eigenvalue weighted by Gasteiger charge is -2.22. The van der Waals surface area contributed by atoms with E-state index >= 15 is 0 Å². The highest BCUT2D eigenvalue weighted by Crippen LogP contribution is 2.13. The van der Waals surface area contributed by atoms with Gasteiger partial charge < -0.3 is 10.6 Å². The Hall–Kier alpha value is -1.36. The van der Waals surface area contributed by atoms with Crippen molar-refractivity contribution in [1.82, 2.24) is 20.4 Å². The third-order valence-corrected chi connectivity index (χ3v) is 3.47. The number of piperidine rings is 1. The summed E-state index contributed by atoms with van der Waals surface area (Å²) in [5.41, 5.74) is 1.51. The van der Waals surface area contributed by atoms with Crippen molar-refractivity contribution < 1.29 is 4.79 Å². The van der Waals surface area contributed by atoms with Crippen molar-refractivity contribution in [3.8, 4) is 0 Å². The summed E-state index contributed by atoms with van der Waals surface area (Å²) >= 11 is 0. The van der Waals surface area contributed by atoms with Gasteiger partial charge in [0.25, 0.3) is 5.91 Å². The number of aryl methyl sites for hydroxylation is 2. The average Bonchev–Trinajstić information content (AvgIpc) is 2.70. The number of aromatic nitrogens is 2. The highest BCUT2D eigenvalue weighted by molar-refractivity contribution is 5.92. The van der Waals surface area contributed by atoms with E-state index in [0.717, 1.165) is 31.7 Å². The van der Waals surface area contributed by atoms with Gasteiger partial charge in [-0.3, -0.25) is 9.48 Å². The Balaban J connectivity index is 1.76. The summed E-state index contributed by atoms with van der Waals surface area (Å²) in [7, 11) is 1.80. The Morgan fingerprint density at radius 2 is 2.50 bits per heavy atom. The molecule has 1 aliphatic rings. The van der Waals surface area contributed by atoms with Crippen molar-refractivity contribution >= 4 is 5.91 Å². The summed E-state index contributed by atoms with van der Waals surface area (Å²) in [6.45, 7) is 4.86. The van der Waals surface area contributed by atoms with E-state index in [4.69, 9.17) is 0 Å². The first-order valence-electron chi connectivity index (χ1n) is 6.66. The van der Waals surface area contributed by atoms with Crippen LogP contribution < -0.4 is 10.6 Å². The maximum atomic E-state index is 11.9. The number of amides is 1. The van der Waals surface area contributed by atoms with Crippen LogP contribution in [0.4, 0.5) is 0 Å². The molecule has 2 rings (SSSR count). The van der Waals surface area contributed by atoms with Crippen LogP contribution in [-0.2, 0) is 7.05 Å². The Morgan fingerprint density at radius 3 is 3.11 bits per heavy atom. The smallest absolute Gasteiger partial charge is 0.269 e. The number of hydrogen-bond donors (Lipinski definition) is 2. The van der Waals surface area contributed by atoms with E-state index in [9.17, 15) is 4.79 Å². The molecule has 2 heterocycles. The molecule has 0 aromatic carbocycles. The molecule has 1 amide bonds. The van der Waals surface area contributed by atoms with E-state index in [1.807, 2.05) is 13.0 Å². The third kappa shape index (κ3) is 3.32. The first-order valence-corrected chi connectivity index (χ1v) is 6.66. The number of hydrogen-bond acceptors (Lipinski definition) is 3. The van der Waals surface area contributed by atoms with Crippen LogP contribution in [0.25, 0.3) is 0 Å². The van der Waals surface area contributed by atoms with Crippen LogP contribution >= 0.6 is 0 Å². The summed E-state index contributed by atoms with van der Waals surface area (Å²) in [6.07, 6.45) is 3.57. The lowest BCUT2D eigenvalue weighted by atomic mass is 9.96. The highest BCUT2D eigenvalue weighted by atomic mass is 16.2. The molecule has 100 valence electrons. The van der Waals surface area contributed by atoms with Crippen molar-refractivity contribution in [3.63, 3.8) is 0 Å². The first kappa shape index (κ1) is 13.1. The number of carbonyl (C=O) groups is 1. The van der Waals surface area contributed by atoms with Crippen molar-refractivity contribution in [2.45, 2.75) is 26.2 Å². The fourth-order valence-electron chi connectivity index (χ4n) is 2.47. The third-order valence-electron chi connectivity index (χ3n) is 3.47. The summed E-state index contributed by atoms with van der Waals surface area (Å²) in [6, 6.07) is 1.82. The largest absolute Gasteiger partial charge is 0.351 e. The van der Waals surface area contributed by atoms with Crippen molar-refractivity contribution in [2.75, 3.05) is 19.6 Å². The zero-order valence-electron chi connectivity index (χ0n) is 11.2.